The second-order valence-corrected chi connectivity index (χ2v) is 8.79. The Hall–Kier alpha value is -1.66. The molecule has 0 amide bonds. The van der Waals surface area contributed by atoms with Gasteiger partial charge in [-0.05, 0) is 56.0 Å². The lowest BCUT2D eigenvalue weighted by atomic mass is 10.1. The lowest BCUT2D eigenvalue weighted by Gasteiger charge is -2.16. The Morgan fingerprint density at radius 2 is 1.79 bits per heavy atom. The standard InChI is InChI=1S/C18H25N3O2S/c1-21(12-14-8-10-15(11-9-14)24(2,22)23)13-18-16-6-4-3-5-7-17(16)19-20-18/h8-11H,3-7,12-13H2,1-2H3,(H,19,20). The van der Waals surface area contributed by atoms with Gasteiger partial charge in [0.1, 0.15) is 0 Å². The quantitative estimate of drug-likeness (QED) is 0.845. The van der Waals surface area contributed by atoms with Gasteiger partial charge in [-0.2, -0.15) is 5.10 Å². The average Bonchev–Trinajstić information content (AvgIpc) is 2.75. The molecule has 1 aliphatic rings. The highest BCUT2D eigenvalue weighted by molar-refractivity contribution is 7.90. The first-order chi connectivity index (χ1) is 11.4. The second-order valence-electron chi connectivity index (χ2n) is 6.78. The van der Waals surface area contributed by atoms with Gasteiger partial charge in [0, 0.05) is 25.0 Å². The van der Waals surface area contributed by atoms with Gasteiger partial charge in [0.25, 0.3) is 0 Å². The number of benzene rings is 1. The summed E-state index contributed by atoms with van der Waals surface area (Å²) >= 11 is 0. The molecule has 130 valence electrons. The molecule has 0 saturated carbocycles. The lowest BCUT2D eigenvalue weighted by Crippen LogP contribution is -2.18. The van der Waals surface area contributed by atoms with Crippen LogP contribution < -0.4 is 0 Å². The molecule has 3 rings (SSSR count). The number of nitrogens with one attached hydrogen (secondary N) is 1. The zero-order valence-corrected chi connectivity index (χ0v) is 15.2. The number of H-pyrrole nitrogens is 1. The van der Waals surface area contributed by atoms with Crippen molar-refractivity contribution in [1.82, 2.24) is 15.1 Å². The number of aromatic amines is 1. The molecule has 0 unspecified atom stereocenters. The van der Waals surface area contributed by atoms with Crippen LogP contribution in [0.4, 0.5) is 0 Å². The van der Waals surface area contributed by atoms with E-state index in [1.54, 1.807) is 12.1 Å². The van der Waals surface area contributed by atoms with Crippen LogP contribution in [0.1, 0.15) is 41.8 Å². The van der Waals surface area contributed by atoms with Crippen molar-refractivity contribution < 1.29 is 8.42 Å². The van der Waals surface area contributed by atoms with Gasteiger partial charge in [-0.15, -0.1) is 0 Å². The SMILES string of the molecule is CN(Cc1ccc(S(C)(=O)=O)cc1)Cc1n[nH]c2c1CCCCC2. The monoisotopic (exact) mass is 347 g/mol. The van der Waals surface area contributed by atoms with Crippen LogP contribution >= 0.6 is 0 Å². The van der Waals surface area contributed by atoms with Crippen molar-refractivity contribution in [3.8, 4) is 0 Å². The molecule has 0 fully saturated rings. The Morgan fingerprint density at radius 1 is 1.08 bits per heavy atom. The molecule has 0 aliphatic heterocycles. The predicted octanol–water partition coefficient (Wildman–Crippen LogP) is 2.71. The molecule has 0 saturated heterocycles. The zero-order valence-electron chi connectivity index (χ0n) is 14.4. The highest BCUT2D eigenvalue weighted by Crippen LogP contribution is 2.22. The van der Waals surface area contributed by atoms with Crippen LogP contribution in [0.15, 0.2) is 29.2 Å². The third-order valence-electron chi connectivity index (χ3n) is 4.62. The first kappa shape index (κ1) is 17.2. The van der Waals surface area contributed by atoms with Crippen LogP contribution in [0, 0.1) is 0 Å². The van der Waals surface area contributed by atoms with E-state index in [2.05, 4.69) is 22.1 Å². The zero-order chi connectivity index (χ0) is 17.2. The third kappa shape index (κ3) is 4.05. The van der Waals surface area contributed by atoms with E-state index in [-0.39, 0.29) is 0 Å². The maximum Gasteiger partial charge on any atom is 0.175 e. The fourth-order valence-corrected chi connectivity index (χ4v) is 3.95. The summed E-state index contributed by atoms with van der Waals surface area (Å²) in [6.45, 7) is 1.57. The number of hydrogen-bond donors (Lipinski definition) is 1. The van der Waals surface area contributed by atoms with Crippen molar-refractivity contribution in [2.24, 2.45) is 0 Å². The van der Waals surface area contributed by atoms with E-state index in [1.165, 1.54) is 36.8 Å². The molecule has 1 aromatic carbocycles. The van der Waals surface area contributed by atoms with Crippen LogP contribution in [-0.4, -0.2) is 36.8 Å². The molecule has 0 atom stereocenters. The maximum absolute atomic E-state index is 11.5. The highest BCUT2D eigenvalue weighted by atomic mass is 32.2. The molecule has 1 heterocycles. The van der Waals surface area contributed by atoms with Gasteiger partial charge in [0.05, 0.1) is 10.6 Å². The van der Waals surface area contributed by atoms with Gasteiger partial charge in [-0.3, -0.25) is 10.00 Å². The van der Waals surface area contributed by atoms with Crippen LogP contribution in [0.25, 0.3) is 0 Å². The minimum Gasteiger partial charge on any atom is -0.296 e. The summed E-state index contributed by atoms with van der Waals surface area (Å²) in [6, 6.07) is 7.13. The smallest absolute Gasteiger partial charge is 0.175 e. The van der Waals surface area contributed by atoms with Gasteiger partial charge in [0.15, 0.2) is 9.84 Å². The Labute approximate surface area is 144 Å². The van der Waals surface area contributed by atoms with E-state index in [9.17, 15) is 8.42 Å². The molecule has 1 aliphatic carbocycles. The van der Waals surface area contributed by atoms with Gasteiger partial charge in [-0.25, -0.2) is 8.42 Å². The van der Waals surface area contributed by atoms with Crippen molar-refractivity contribution in [2.45, 2.75) is 50.1 Å². The average molecular weight is 347 g/mol. The largest absolute Gasteiger partial charge is 0.296 e. The first-order valence-electron chi connectivity index (χ1n) is 8.46. The predicted molar refractivity (Wildman–Crippen MR) is 94.6 cm³/mol. The molecule has 0 radical (unpaired) electrons. The van der Waals surface area contributed by atoms with Gasteiger partial charge in [0.2, 0.25) is 0 Å². The summed E-state index contributed by atoms with van der Waals surface area (Å²) in [5.74, 6) is 0. The molecule has 0 spiro atoms. The van der Waals surface area contributed by atoms with Crippen molar-refractivity contribution in [3.63, 3.8) is 0 Å². The lowest BCUT2D eigenvalue weighted by molar-refractivity contribution is 0.314. The minimum atomic E-state index is -3.13. The van der Waals surface area contributed by atoms with Crippen molar-refractivity contribution in [3.05, 3.63) is 46.8 Å². The fraction of sp³-hybridized carbons (Fsp3) is 0.500. The molecular formula is C18H25N3O2S. The highest BCUT2D eigenvalue weighted by Gasteiger charge is 2.17. The van der Waals surface area contributed by atoms with Crippen molar-refractivity contribution in [2.75, 3.05) is 13.3 Å². The van der Waals surface area contributed by atoms with E-state index in [0.717, 1.165) is 37.2 Å². The fourth-order valence-electron chi connectivity index (χ4n) is 3.32. The number of nitrogens with zero attached hydrogens (tertiary/aromatic N) is 2. The summed E-state index contributed by atoms with van der Waals surface area (Å²) in [4.78, 5) is 2.59. The Bertz CT molecular complexity index is 794. The normalized spacial score (nSPS) is 15.3. The number of hydrogen-bond acceptors (Lipinski definition) is 4. The van der Waals surface area contributed by atoms with Crippen molar-refractivity contribution >= 4 is 9.84 Å². The van der Waals surface area contributed by atoms with Gasteiger partial charge >= 0.3 is 0 Å². The Kier molecular flexibility index (Phi) is 5.06. The van der Waals surface area contributed by atoms with Crippen LogP contribution in [0.2, 0.25) is 0 Å². The van der Waals surface area contributed by atoms with Crippen molar-refractivity contribution in [1.29, 1.82) is 0 Å². The molecule has 5 nitrogen and oxygen atoms in total. The molecule has 0 bridgehead atoms. The third-order valence-corrected chi connectivity index (χ3v) is 5.74. The Morgan fingerprint density at radius 3 is 2.50 bits per heavy atom. The summed E-state index contributed by atoms with van der Waals surface area (Å²) in [6.07, 6.45) is 7.26. The summed E-state index contributed by atoms with van der Waals surface area (Å²) in [7, 11) is -1.06. The van der Waals surface area contributed by atoms with E-state index in [0.29, 0.717) is 4.90 Å². The topological polar surface area (TPSA) is 66.1 Å². The number of aromatic nitrogens is 2. The second kappa shape index (κ2) is 7.07. The summed E-state index contributed by atoms with van der Waals surface area (Å²) in [5.41, 5.74) is 4.98. The molecular weight excluding hydrogens is 322 g/mol. The van der Waals surface area contributed by atoms with Crippen LogP contribution in [-0.2, 0) is 35.8 Å². The van der Waals surface area contributed by atoms with Crippen LogP contribution in [0.5, 0.6) is 0 Å². The van der Waals surface area contributed by atoms with E-state index in [1.807, 2.05) is 12.1 Å². The molecule has 1 N–H and O–H groups in total. The number of aryl methyl sites for hydroxylation is 1. The van der Waals surface area contributed by atoms with E-state index < -0.39 is 9.84 Å². The van der Waals surface area contributed by atoms with Crippen LogP contribution in [0.3, 0.4) is 0 Å². The molecule has 6 heteroatoms. The molecule has 1 aromatic heterocycles. The van der Waals surface area contributed by atoms with Gasteiger partial charge < -0.3 is 0 Å². The number of rotatable bonds is 5. The number of sulfone groups is 1. The Balaban J connectivity index is 1.66. The van der Waals surface area contributed by atoms with Gasteiger partial charge in [-0.1, -0.05) is 18.6 Å². The molecule has 24 heavy (non-hydrogen) atoms. The number of fused-ring (bicyclic) bond motifs is 1. The van der Waals surface area contributed by atoms with E-state index >= 15 is 0 Å². The van der Waals surface area contributed by atoms with E-state index in [4.69, 9.17) is 0 Å². The molecule has 2 aromatic rings. The summed E-state index contributed by atoms with van der Waals surface area (Å²) < 4.78 is 23.0. The first-order valence-corrected chi connectivity index (χ1v) is 10.3. The summed E-state index contributed by atoms with van der Waals surface area (Å²) in [5, 5.41) is 7.74. The maximum atomic E-state index is 11.5. The minimum absolute atomic E-state index is 0.367.